The Labute approximate surface area is 192 Å². The summed E-state index contributed by atoms with van der Waals surface area (Å²) in [6, 6.07) is 8.85. The molecular formula is C24H20F2N4O4. The first kappa shape index (κ1) is 22.8. The standard InChI is InChI=1S/C24H20F2N4O4/c1-12(20-17(26)10-14(25)11-28-20)29-23(33)16(9-13-4-6-15(31)7-5-13)19-22(32)21-18(30-24(19)34)3-2-8-27-21/h2-8,10-12,16,31H,9H2,1H3,(H,29,33)(H2,30,32,34)/t12-,16-/m0/s1. The molecule has 4 aromatic rings. The Morgan fingerprint density at radius 1 is 1.15 bits per heavy atom. The normalized spacial score (nSPS) is 12.9. The number of nitrogens with zero attached hydrogens (tertiary/aromatic N) is 2. The Morgan fingerprint density at radius 2 is 1.88 bits per heavy atom. The van der Waals surface area contributed by atoms with Gasteiger partial charge in [-0.05, 0) is 43.2 Å². The van der Waals surface area contributed by atoms with E-state index in [1.165, 1.54) is 25.3 Å². The number of carbonyl (C=O) groups is 1. The van der Waals surface area contributed by atoms with E-state index in [1.54, 1.807) is 24.3 Å². The molecule has 4 N–H and O–H groups in total. The van der Waals surface area contributed by atoms with Gasteiger partial charge in [0.1, 0.15) is 22.9 Å². The fourth-order valence-corrected chi connectivity index (χ4v) is 3.76. The Balaban J connectivity index is 1.75. The number of aromatic nitrogens is 3. The smallest absolute Gasteiger partial charge is 0.256 e. The number of H-pyrrole nitrogens is 1. The van der Waals surface area contributed by atoms with Gasteiger partial charge in [0.25, 0.3) is 5.56 Å². The number of benzene rings is 1. The number of hydrogen-bond acceptors (Lipinski definition) is 6. The monoisotopic (exact) mass is 466 g/mol. The Morgan fingerprint density at radius 3 is 2.59 bits per heavy atom. The van der Waals surface area contributed by atoms with E-state index in [-0.39, 0.29) is 28.9 Å². The first-order valence-electron chi connectivity index (χ1n) is 10.3. The number of nitrogens with one attached hydrogen (secondary N) is 2. The van der Waals surface area contributed by atoms with Crippen molar-refractivity contribution in [2.24, 2.45) is 0 Å². The molecule has 1 amide bonds. The summed E-state index contributed by atoms with van der Waals surface area (Å²) in [6.45, 7) is 1.46. The van der Waals surface area contributed by atoms with Crippen LogP contribution in [0, 0.1) is 11.6 Å². The average Bonchev–Trinajstić information content (AvgIpc) is 2.79. The van der Waals surface area contributed by atoms with Crippen molar-refractivity contribution in [1.29, 1.82) is 0 Å². The third kappa shape index (κ3) is 4.56. The van der Waals surface area contributed by atoms with Gasteiger partial charge in [-0.3, -0.25) is 19.6 Å². The number of phenolic OH excluding ortho intramolecular Hbond substituents is 1. The molecule has 34 heavy (non-hydrogen) atoms. The van der Waals surface area contributed by atoms with Crippen LogP contribution in [0.2, 0.25) is 0 Å². The van der Waals surface area contributed by atoms with Crippen LogP contribution in [0.3, 0.4) is 0 Å². The van der Waals surface area contributed by atoms with Crippen LogP contribution in [0.4, 0.5) is 8.78 Å². The molecule has 3 aromatic heterocycles. The molecule has 0 saturated carbocycles. The van der Waals surface area contributed by atoms with Crippen molar-refractivity contribution in [2.45, 2.75) is 25.3 Å². The molecule has 174 valence electrons. The zero-order valence-corrected chi connectivity index (χ0v) is 17.9. The molecule has 0 unspecified atom stereocenters. The van der Waals surface area contributed by atoms with Crippen molar-refractivity contribution in [3.63, 3.8) is 0 Å². The quantitative estimate of drug-likeness (QED) is 0.346. The Kier molecular flexibility index (Phi) is 6.22. The fraction of sp³-hybridized carbons (Fsp3) is 0.167. The SMILES string of the molecule is C[C@H](NC(=O)[C@@H](Cc1ccc(O)cc1)c1c(O)c2ncccc2[nH]c1=O)c1ncc(F)cc1F. The Hall–Kier alpha value is -4.34. The van der Waals surface area contributed by atoms with Crippen molar-refractivity contribution in [3.8, 4) is 11.5 Å². The molecule has 0 aliphatic carbocycles. The van der Waals surface area contributed by atoms with Crippen LogP contribution < -0.4 is 10.9 Å². The van der Waals surface area contributed by atoms with Crippen molar-refractivity contribution >= 4 is 16.9 Å². The number of rotatable bonds is 6. The molecule has 0 saturated heterocycles. The highest BCUT2D eigenvalue weighted by Crippen LogP contribution is 2.31. The number of hydrogen-bond donors (Lipinski definition) is 4. The number of amides is 1. The van der Waals surface area contributed by atoms with Gasteiger partial charge in [0.2, 0.25) is 5.91 Å². The Bertz CT molecular complexity index is 1420. The maximum absolute atomic E-state index is 14.2. The number of aromatic hydroxyl groups is 2. The third-order valence-corrected chi connectivity index (χ3v) is 5.43. The molecule has 0 bridgehead atoms. The largest absolute Gasteiger partial charge is 0.508 e. The van der Waals surface area contributed by atoms with Gasteiger partial charge in [-0.2, -0.15) is 0 Å². The fourth-order valence-electron chi connectivity index (χ4n) is 3.76. The van der Waals surface area contributed by atoms with Crippen LogP contribution in [0.5, 0.6) is 11.5 Å². The van der Waals surface area contributed by atoms with Gasteiger partial charge in [-0.1, -0.05) is 12.1 Å². The highest BCUT2D eigenvalue weighted by molar-refractivity contribution is 5.89. The molecule has 1 aromatic carbocycles. The highest BCUT2D eigenvalue weighted by atomic mass is 19.1. The summed E-state index contributed by atoms with van der Waals surface area (Å²) in [5.41, 5.74) is -0.0800. The summed E-state index contributed by atoms with van der Waals surface area (Å²) in [5, 5.41) is 23.0. The zero-order chi connectivity index (χ0) is 24.4. The van der Waals surface area contributed by atoms with Crippen LogP contribution in [0.1, 0.15) is 35.7 Å². The van der Waals surface area contributed by atoms with Crippen LogP contribution in [-0.4, -0.2) is 31.1 Å². The van der Waals surface area contributed by atoms with Crippen molar-refractivity contribution in [1.82, 2.24) is 20.3 Å². The maximum atomic E-state index is 14.2. The van der Waals surface area contributed by atoms with Crippen LogP contribution in [0.15, 0.2) is 59.7 Å². The zero-order valence-electron chi connectivity index (χ0n) is 17.9. The van der Waals surface area contributed by atoms with Gasteiger partial charge in [0, 0.05) is 12.3 Å². The number of halogens is 2. The number of pyridine rings is 3. The molecule has 0 fully saturated rings. The molecule has 0 spiro atoms. The average molecular weight is 466 g/mol. The molecule has 3 heterocycles. The summed E-state index contributed by atoms with van der Waals surface area (Å²) in [7, 11) is 0. The number of aromatic amines is 1. The highest BCUT2D eigenvalue weighted by Gasteiger charge is 2.30. The van der Waals surface area contributed by atoms with Crippen molar-refractivity contribution in [3.05, 3.63) is 93.7 Å². The van der Waals surface area contributed by atoms with Crippen molar-refractivity contribution in [2.75, 3.05) is 0 Å². The molecule has 0 aliphatic rings. The second kappa shape index (κ2) is 9.26. The summed E-state index contributed by atoms with van der Waals surface area (Å²) in [6.07, 6.45) is 2.25. The summed E-state index contributed by atoms with van der Waals surface area (Å²) in [5.74, 6) is -4.11. The van der Waals surface area contributed by atoms with Gasteiger partial charge in [-0.25, -0.2) is 8.78 Å². The van der Waals surface area contributed by atoms with Crippen LogP contribution in [-0.2, 0) is 11.2 Å². The molecule has 0 radical (unpaired) electrons. The van der Waals surface area contributed by atoms with Gasteiger partial charge >= 0.3 is 0 Å². The van der Waals surface area contributed by atoms with Gasteiger partial charge < -0.3 is 20.5 Å². The summed E-state index contributed by atoms with van der Waals surface area (Å²) in [4.78, 5) is 36.7. The molecule has 0 aliphatic heterocycles. The summed E-state index contributed by atoms with van der Waals surface area (Å²) < 4.78 is 27.4. The van der Waals surface area contributed by atoms with E-state index in [2.05, 4.69) is 20.3 Å². The third-order valence-electron chi connectivity index (χ3n) is 5.43. The minimum atomic E-state index is -1.20. The number of fused-ring (bicyclic) bond motifs is 1. The number of phenols is 1. The molecule has 8 nitrogen and oxygen atoms in total. The lowest BCUT2D eigenvalue weighted by molar-refractivity contribution is -0.123. The predicted octanol–water partition coefficient (Wildman–Crippen LogP) is 3.21. The number of carbonyl (C=O) groups excluding carboxylic acids is 1. The first-order valence-corrected chi connectivity index (χ1v) is 10.3. The molecule has 10 heteroatoms. The minimum absolute atomic E-state index is 0.0202. The lowest BCUT2D eigenvalue weighted by Crippen LogP contribution is -2.36. The second-order valence-electron chi connectivity index (χ2n) is 7.79. The van der Waals surface area contributed by atoms with E-state index in [1.807, 2.05) is 0 Å². The van der Waals surface area contributed by atoms with E-state index < -0.39 is 40.8 Å². The van der Waals surface area contributed by atoms with Gasteiger partial charge in [0.15, 0.2) is 5.75 Å². The van der Waals surface area contributed by atoms with E-state index in [9.17, 15) is 28.6 Å². The van der Waals surface area contributed by atoms with Gasteiger partial charge in [-0.15, -0.1) is 0 Å². The molecule has 2 atom stereocenters. The second-order valence-corrected chi connectivity index (χ2v) is 7.79. The van der Waals surface area contributed by atoms with Gasteiger partial charge in [0.05, 0.1) is 34.9 Å². The molecule has 4 rings (SSSR count). The van der Waals surface area contributed by atoms with E-state index >= 15 is 0 Å². The lowest BCUT2D eigenvalue weighted by Gasteiger charge is -2.21. The van der Waals surface area contributed by atoms with E-state index in [0.717, 1.165) is 6.20 Å². The van der Waals surface area contributed by atoms with Crippen LogP contribution >= 0.6 is 0 Å². The minimum Gasteiger partial charge on any atom is -0.508 e. The van der Waals surface area contributed by atoms with E-state index in [0.29, 0.717) is 17.1 Å². The predicted molar refractivity (Wildman–Crippen MR) is 119 cm³/mol. The molecular weight excluding hydrogens is 446 g/mol. The summed E-state index contributed by atoms with van der Waals surface area (Å²) >= 11 is 0. The topological polar surface area (TPSA) is 128 Å². The van der Waals surface area contributed by atoms with E-state index in [4.69, 9.17) is 0 Å². The van der Waals surface area contributed by atoms with Crippen LogP contribution in [0.25, 0.3) is 11.0 Å². The first-order chi connectivity index (χ1) is 16.2. The maximum Gasteiger partial charge on any atom is 0.256 e. The van der Waals surface area contributed by atoms with Crippen molar-refractivity contribution < 1.29 is 23.8 Å². The lowest BCUT2D eigenvalue weighted by atomic mass is 9.90.